The van der Waals surface area contributed by atoms with Gasteiger partial charge in [-0.3, -0.25) is 0 Å². The second kappa shape index (κ2) is 9.35. The van der Waals surface area contributed by atoms with Crippen molar-refractivity contribution in [3.8, 4) is 0 Å². The van der Waals surface area contributed by atoms with Crippen LogP contribution in [0.4, 0.5) is 0 Å². The Morgan fingerprint density at radius 3 is 1.96 bits per heavy atom. The highest BCUT2D eigenvalue weighted by atomic mass is 14.9. The fourth-order valence-corrected chi connectivity index (χ4v) is 4.75. The van der Waals surface area contributed by atoms with Crippen LogP contribution in [0.2, 0.25) is 19.0 Å². The maximum atomic E-state index is 2.52. The van der Waals surface area contributed by atoms with Crippen LogP contribution in [0, 0.1) is 0 Å². The van der Waals surface area contributed by atoms with Crippen LogP contribution >= 0.6 is 0 Å². The van der Waals surface area contributed by atoms with Crippen LogP contribution in [-0.2, 0) is 7.05 Å². The molecule has 0 unspecified atom stereocenters. The summed E-state index contributed by atoms with van der Waals surface area (Å²) in [6.07, 6.45) is 13.3. The third-order valence-electron chi connectivity index (χ3n) is 6.20. The topological polar surface area (TPSA) is 4.93 Å². The summed E-state index contributed by atoms with van der Waals surface area (Å²) in [5.74, 6) is 0. The Labute approximate surface area is 149 Å². The summed E-state index contributed by atoms with van der Waals surface area (Å²) in [7, 11) is 2.30. The van der Waals surface area contributed by atoms with Gasteiger partial charge in [-0.25, -0.2) is 0 Å². The Balaban J connectivity index is 2.44. The van der Waals surface area contributed by atoms with E-state index in [1.807, 2.05) is 0 Å². The second-order valence-electron chi connectivity index (χ2n) is 7.95. The van der Waals surface area contributed by atoms with Crippen molar-refractivity contribution < 1.29 is 0 Å². The first-order valence-corrected chi connectivity index (χ1v) is 10.4. The molecule has 0 spiro atoms. The Hall–Kier alpha value is -1.18. The van der Waals surface area contributed by atoms with Gasteiger partial charge in [0.2, 0.25) is 0 Å². The molecule has 0 aliphatic rings. The first-order chi connectivity index (χ1) is 11.7. The van der Waals surface area contributed by atoms with Gasteiger partial charge in [-0.2, -0.15) is 19.0 Å². The average Bonchev–Trinajstić information content (AvgIpc) is 2.95. The van der Waals surface area contributed by atoms with Crippen LogP contribution in [0.15, 0.2) is 30.3 Å². The lowest BCUT2D eigenvalue weighted by Crippen LogP contribution is -2.50. The van der Waals surface area contributed by atoms with E-state index < -0.39 is 6.15 Å². The minimum Gasteiger partial charge on any atom is -0.386 e. The lowest BCUT2D eigenvalue weighted by atomic mass is 9.17. The number of rotatable bonds is 11. The normalized spacial score (nSPS) is 12.2. The molecule has 24 heavy (non-hydrogen) atoms. The molecule has 2 aromatic rings. The van der Waals surface area contributed by atoms with E-state index in [0.717, 1.165) is 0 Å². The molecule has 0 saturated heterocycles. The standard InChI is InChI=1S/C22H37BN/c1-5-8-13-18-23(16-9-6-2,17-10-7-3)22-19-20-14-11-12-15-21(20)24(22)4/h11-12,14-15,19H,5-10,13,16-18H2,1-4H3/q-1. The van der Waals surface area contributed by atoms with Crippen LogP contribution in [0.3, 0.4) is 0 Å². The van der Waals surface area contributed by atoms with E-state index in [2.05, 4.69) is 62.7 Å². The summed E-state index contributed by atoms with van der Waals surface area (Å²) in [6.45, 7) is 7.01. The Morgan fingerprint density at radius 1 is 0.792 bits per heavy atom. The summed E-state index contributed by atoms with van der Waals surface area (Å²) >= 11 is 0. The van der Waals surface area contributed by atoms with Crippen molar-refractivity contribution in [2.24, 2.45) is 7.05 Å². The van der Waals surface area contributed by atoms with Crippen molar-refractivity contribution in [2.45, 2.75) is 84.7 Å². The largest absolute Gasteiger partial charge is 0.386 e. The average molecular weight is 326 g/mol. The molecule has 2 rings (SSSR count). The quantitative estimate of drug-likeness (QED) is 0.323. The number of unbranched alkanes of at least 4 members (excludes halogenated alkanes) is 4. The Kier molecular flexibility index (Phi) is 7.46. The molecule has 1 nitrogen and oxygen atoms in total. The smallest absolute Gasteiger partial charge is 0.0466 e. The van der Waals surface area contributed by atoms with Gasteiger partial charge in [-0.05, 0) is 11.5 Å². The van der Waals surface area contributed by atoms with Crippen molar-refractivity contribution >= 4 is 22.6 Å². The highest BCUT2D eigenvalue weighted by molar-refractivity contribution is 6.91. The van der Waals surface area contributed by atoms with Crippen molar-refractivity contribution in [3.63, 3.8) is 0 Å². The third-order valence-corrected chi connectivity index (χ3v) is 6.20. The van der Waals surface area contributed by atoms with Gasteiger partial charge in [0.15, 0.2) is 0 Å². The number of benzene rings is 1. The summed E-state index contributed by atoms with van der Waals surface area (Å²) in [5.41, 5.74) is 3.05. The molecular weight excluding hydrogens is 289 g/mol. The van der Waals surface area contributed by atoms with Crippen molar-refractivity contribution in [2.75, 3.05) is 0 Å². The minimum atomic E-state index is -0.433. The summed E-state index contributed by atoms with van der Waals surface area (Å²) < 4.78 is 2.52. The number of hydrogen-bond acceptors (Lipinski definition) is 0. The van der Waals surface area contributed by atoms with Crippen LogP contribution in [0.5, 0.6) is 0 Å². The first kappa shape index (κ1) is 19.2. The highest BCUT2D eigenvalue weighted by Crippen LogP contribution is 2.30. The molecule has 1 aromatic heterocycles. The van der Waals surface area contributed by atoms with Crippen molar-refractivity contribution in [1.82, 2.24) is 4.57 Å². The van der Waals surface area contributed by atoms with Crippen LogP contribution in [0.1, 0.15) is 65.7 Å². The summed E-state index contributed by atoms with van der Waals surface area (Å²) in [6, 6.07) is 11.4. The zero-order valence-corrected chi connectivity index (χ0v) is 16.5. The fourth-order valence-electron chi connectivity index (χ4n) is 4.75. The maximum Gasteiger partial charge on any atom is 0.0466 e. The zero-order valence-electron chi connectivity index (χ0n) is 16.5. The number of fused-ring (bicyclic) bond motifs is 1. The molecular formula is C22H37BN-. The van der Waals surface area contributed by atoms with Gasteiger partial charge >= 0.3 is 0 Å². The number of nitrogens with zero attached hydrogens (tertiary/aromatic N) is 1. The molecule has 0 radical (unpaired) electrons. The molecule has 1 aromatic carbocycles. The molecule has 0 fully saturated rings. The molecule has 0 aliphatic carbocycles. The predicted octanol–water partition coefficient (Wildman–Crippen LogP) is 6.62. The van der Waals surface area contributed by atoms with Gasteiger partial charge < -0.3 is 4.57 Å². The first-order valence-electron chi connectivity index (χ1n) is 10.4. The van der Waals surface area contributed by atoms with E-state index >= 15 is 0 Å². The molecule has 0 bridgehead atoms. The van der Waals surface area contributed by atoms with Gasteiger partial charge in [-0.15, -0.1) is 5.59 Å². The van der Waals surface area contributed by atoms with Gasteiger partial charge in [0.05, 0.1) is 0 Å². The van der Waals surface area contributed by atoms with Crippen molar-refractivity contribution in [1.29, 1.82) is 0 Å². The highest BCUT2D eigenvalue weighted by Gasteiger charge is 2.27. The van der Waals surface area contributed by atoms with Crippen LogP contribution in [0.25, 0.3) is 10.9 Å². The van der Waals surface area contributed by atoms with E-state index in [9.17, 15) is 0 Å². The van der Waals surface area contributed by atoms with Gasteiger partial charge in [-0.1, -0.05) is 90.0 Å². The Morgan fingerprint density at radius 2 is 1.38 bits per heavy atom. The van der Waals surface area contributed by atoms with Crippen molar-refractivity contribution in [3.05, 3.63) is 30.3 Å². The van der Waals surface area contributed by atoms with Crippen LogP contribution in [-0.4, -0.2) is 10.7 Å². The second-order valence-corrected chi connectivity index (χ2v) is 7.95. The third kappa shape index (κ3) is 4.26. The van der Waals surface area contributed by atoms with E-state index in [1.165, 1.54) is 74.8 Å². The summed E-state index contributed by atoms with van der Waals surface area (Å²) in [5, 5.41) is 1.42. The summed E-state index contributed by atoms with van der Waals surface area (Å²) in [4.78, 5) is 0. The molecule has 1 heterocycles. The molecule has 0 N–H and O–H groups in total. The lowest BCUT2D eigenvalue weighted by molar-refractivity contribution is 0.745. The molecule has 0 atom stereocenters. The van der Waals surface area contributed by atoms with E-state index in [4.69, 9.17) is 0 Å². The zero-order chi connectivity index (χ0) is 17.4. The monoisotopic (exact) mass is 326 g/mol. The van der Waals surface area contributed by atoms with E-state index in [0.29, 0.717) is 0 Å². The lowest BCUT2D eigenvalue weighted by Gasteiger charge is -2.41. The molecule has 134 valence electrons. The number of aryl methyl sites for hydroxylation is 1. The van der Waals surface area contributed by atoms with Crippen LogP contribution < -0.4 is 5.59 Å². The van der Waals surface area contributed by atoms with E-state index in [-0.39, 0.29) is 0 Å². The van der Waals surface area contributed by atoms with Gasteiger partial charge in [0.25, 0.3) is 0 Å². The minimum absolute atomic E-state index is 0.433. The van der Waals surface area contributed by atoms with Gasteiger partial charge in [0.1, 0.15) is 0 Å². The number of aromatic nitrogens is 1. The number of hydrogen-bond donors (Lipinski definition) is 0. The molecule has 0 saturated carbocycles. The molecule has 2 heteroatoms. The maximum absolute atomic E-state index is 2.52. The van der Waals surface area contributed by atoms with E-state index in [1.54, 1.807) is 5.59 Å². The molecule has 0 amide bonds. The predicted molar refractivity (Wildman–Crippen MR) is 112 cm³/mol. The fraction of sp³-hybridized carbons (Fsp3) is 0.636. The Bertz CT molecular complexity index is 605. The molecule has 0 aliphatic heterocycles. The SMILES string of the molecule is CCCCC[B-](CCCC)(CCCC)c1cc2ccccc2n1C. The number of para-hydroxylation sites is 1. The van der Waals surface area contributed by atoms with Gasteiger partial charge in [0, 0.05) is 18.7 Å².